The third-order valence-electron chi connectivity index (χ3n) is 3.02. The lowest BCUT2D eigenvalue weighted by Gasteiger charge is -2.36. The standard InChI is InChI=1S/C13H30N2O2Si/c1-13(2,3)16-12(17-18(4)5)11-7-6-9-15(11)10-8-14/h11-12,18H,6-10,14H2,1-5H3/t11-,12?/m0/s1. The van der Waals surface area contributed by atoms with Gasteiger partial charge in [0.1, 0.15) is 0 Å². The van der Waals surface area contributed by atoms with Gasteiger partial charge in [-0.2, -0.15) is 0 Å². The van der Waals surface area contributed by atoms with Crippen LogP contribution in [-0.2, 0) is 9.16 Å². The fourth-order valence-electron chi connectivity index (χ4n) is 2.42. The summed E-state index contributed by atoms with van der Waals surface area (Å²) < 4.78 is 12.3. The molecule has 0 saturated carbocycles. The first-order valence-electron chi connectivity index (χ1n) is 7.11. The van der Waals surface area contributed by atoms with Crippen molar-refractivity contribution in [3.8, 4) is 0 Å². The van der Waals surface area contributed by atoms with Crippen molar-refractivity contribution in [3.63, 3.8) is 0 Å². The Kier molecular flexibility index (Phi) is 6.27. The van der Waals surface area contributed by atoms with Crippen molar-refractivity contribution >= 4 is 9.04 Å². The molecule has 0 aliphatic carbocycles. The summed E-state index contributed by atoms with van der Waals surface area (Å²) in [6.45, 7) is 13.4. The van der Waals surface area contributed by atoms with E-state index in [1.807, 2.05) is 0 Å². The fraction of sp³-hybridized carbons (Fsp3) is 1.00. The summed E-state index contributed by atoms with van der Waals surface area (Å²) in [7, 11) is -1.10. The molecule has 1 rings (SSSR count). The summed E-state index contributed by atoms with van der Waals surface area (Å²) in [4.78, 5) is 2.42. The molecule has 108 valence electrons. The van der Waals surface area contributed by atoms with E-state index in [-0.39, 0.29) is 11.9 Å². The molecule has 0 bridgehead atoms. The molecule has 0 spiro atoms. The molecular formula is C13H30N2O2Si. The van der Waals surface area contributed by atoms with Gasteiger partial charge in [0.2, 0.25) is 0 Å². The number of rotatable bonds is 6. The summed E-state index contributed by atoms with van der Waals surface area (Å²) in [5.41, 5.74) is 5.52. The predicted molar refractivity (Wildman–Crippen MR) is 78.2 cm³/mol. The first kappa shape index (κ1) is 16.1. The largest absolute Gasteiger partial charge is 0.395 e. The molecule has 1 heterocycles. The van der Waals surface area contributed by atoms with E-state index in [9.17, 15) is 0 Å². The molecule has 0 aromatic heterocycles. The molecule has 1 fully saturated rings. The van der Waals surface area contributed by atoms with Crippen molar-refractivity contribution < 1.29 is 9.16 Å². The molecule has 4 nitrogen and oxygen atoms in total. The topological polar surface area (TPSA) is 47.7 Å². The zero-order valence-corrected chi connectivity index (χ0v) is 13.8. The number of likely N-dealkylation sites (tertiary alicyclic amines) is 1. The second-order valence-corrected chi connectivity index (χ2v) is 8.69. The van der Waals surface area contributed by atoms with Gasteiger partial charge in [-0.3, -0.25) is 4.90 Å². The van der Waals surface area contributed by atoms with E-state index in [2.05, 4.69) is 38.8 Å². The average Bonchev–Trinajstić information content (AvgIpc) is 2.62. The molecule has 5 heteroatoms. The van der Waals surface area contributed by atoms with Crippen LogP contribution in [-0.4, -0.2) is 51.5 Å². The minimum absolute atomic E-state index is 0.0919. The number of ether oxygens (including phenoxy) is 1. The summed E-state index contributed by atoms with van der Waals surface area (Å²) >= 11 is 0. The van der Waals surface area contributed by atoms with Crippen LogP contribution in [0.25, 0.3) is 0 Å². The van der Waals surface area contributed by atoms with Crippen LogP contribution < -0.4 is 5.73 Å². The van der Waals surface area contributed by atoms with Crippen LogP contribution in [0.2, 0.25) is 13.1 Å². The van der Waals surface area contributed by atoms with Gasteiger partial charge in [0.05, 0.1) is 11.6 Å². The van der Waals surface area contributed by atoms with Crippen molar-refractivity contribution in [1.29, 1.82) is 0 Å². The van der Waals surface area contributed by atoms with Crippen molar-refractivity contribution in [2.75, 3.05) is 19.6 Å². The van der Waals surface area contributed by atoms with Gasteiger partial charge in [0, 0.05) is 13.1 Å². The van der Waals surface area contributed by atoms with Gasteiger partial charge in [0.25, 0.3) is 0 Å². The lowest BCUT2D eigenvalue weighted by Crippen LogP contribution is -2.47. The van der Waals surface area contributed by atoms with Gasteiger partial charge in [0.15, 0.2) is 15.3 Å². The van der Waals surface area contributed by atoms with Crippen LogP contribution in [0.4, 0.5) is 0 Å². The Balaban J connectivity index is 2.68. The predicted octanol–water partition coefficient (Wildman–Crippen LogP) is 1.55. The summed E-state index contributed by atoms with van der Waals surface area (Å²) in [6, 6.07) is 0.377. The highest BCUT2D eigenvalue weighted by Crippen LogP contribution is 2.26. The van der Waals surface area contributed by atoms with Crippen molar-refractivity contribution in [2.24, 2.45) is 5.73 Å². The first-order chi connectivity index (χ1) is 8.33. The Morgan fingerprint density at radius 1 is 1.39 bits per heavy atom. The van der Waals surface area contributed by atoms with Crippen LogP contribution >= 0.6 is 0 Å². The summed E-state index contributed by atoms with van der Waals surface area (Å²) in [5.74, 6) is 0. The maximum atomic E-state index is 6.14. The maximum Gasteiger partial charge on any atom is 0.174 e. The van der Waals surface area contributed by atoms with Gasteiger partial charge in [-0.1, -0.05) is 0 Å². The minimum Gasteiger partial charge on any atom is -0.395 e. The molecule has 0 aromatic rings. The van der Waals surface area contributed by atoms with E-state index in [1.165, 1.54) is 6.42 Å². The van der Waals surface area contributed by atoms with E-state index >= 15 is 0 Å². The second-order valence-electron chi connectivity index (χ2n) is 6.32. The molecular weight excluding hydrogens is 244 g/mol. The lowest BCUT2D eigenvalue weighted by molar-refractivity contribution is -0.179. The number of nitrogens with zero attached hydrogens (tertiary/aromatic N) is 1. The summed E-state index contributed by atoms with van der Waals surface area (Å²) in [5, 5.41) is 0. The van der Waals surface area contributed by atoms with Gasteiger partial charge in [-0.15, -0.1) is 0 Å². The smallest absolute Gasteiger partial charge is 0.174 e. The molecule has 18 heavy (non-hydrogen) atoms. The second kappa shape index (κ2) is 7.00. The monoisotopic (exact) mass is 274 g/mol. The minimum atomic E-state index is -1.10. The molecule has 0 aromatic carbocycles. The van der Waals surface area contributed by atoms with Crippen LogP contribution in [0.5, 0.6) is 0 Å². The van der Waals surface area contributed by atoms with E-state index in [0.717, 1.165) is 19.5 Å². The van der Waals surface area contributed by atoms with Crippen molar-refractivity contribution in [2.45, 2.75) is 64.6 Å². The Labute approximate surface area is 114 Å². The zero-order chi connectivity index (χ0) is 13.8. The van der Waals surface area contributed by atoms with Gasteiger partial charge >= 0.3 is 0 Å². The van der Waals surface area contributed by atoms with Crippen LogP contribution in [0.1, 0.15) is 33.6 Å². The van der Waals surface area contributed by atoms with Gasteiger partial charge in [-0.25, -0.2) is 0 Å². The SMILES string of the molecule is C[SiH](C)OC(OC(C)(C)C)[C@@H]1CCCN1CCN. The van der Waals surface area contributed by atoms with E-state index in [4.69, 9.17) is 14.9 Å². The number of hydrogen-bond acceptors (Lipinski definition) is 4. The zero-order valence-electron chi connectivity index (χ0n) is 12.6. The lowest BCUT2D eigenvalue weighted by atomic mass is 10.1. The van der Waals surface area contributed by atoms with Crippen molar-refractivity contribution in [1.82, 2.24) is 4.90 Å². The van der Waals surface area contributed by atoms with Gasteiger partial charge < -0.3 is 14.9 Å². The highest BCUT2D eigenvalue weighted by atomic mass is 28.3. The van der Waals surface area contributed by atoms with Crippen molar-refractivity contribution in [3.05, 3.63) is 0 Å². The Morgan fingerprint density at radius 2 is 2.06 bits per heavy atom. The Bertz CT molecular complexity index is 244. The molecule has 1 unspecified atom stereocenters. The number of nitrogens with two attached hydrogens (primary N) is 1. The third kappa shape index (κ3) is 5.36. The number of hydrogen-bond donors (Lipinski definition) is 1. The highest BCUT2D eigenvalue weighted by Gasteiger charge is 2.35. The molecule has 0 amide bonds. The molecule has 2 atom stereocenters. The third-order valence-corrected chi connectivity index (χ3v) is 3.83. The Morgan fingerprint density at radius 3 is 2.56 bits per heavy atom. The average molecular weight is 274 g/mol. The maximum absolute atomic E-state index is 6.14. The van der Waals surface area contributed by atoms with E-state index in [0.29, 0.717) is 12.6 Å². The fourth-order valence-corrected chi connectivity index (χ4v) is 3.19. The van der Waals surface area contributed by atoms with Crippen LogP contribution in [0.3, 0.4) is 0 Å². The van der Waals surface area contributed by atoms with E-state index in [1.54, 1.807) is 0 Å². The van der Waals surface area contributed by atoms with Crippen LogP contribution in [0.15, 0.2) is 0 Å². The Hall–Kier alpha value is 0.0569. The molecule has 1 aliphatic rings. The molecule has 0 radical (unpaired) electrons. The van der Waals surface area contributed by atoms with Crippen LogP contribution in [0, 0.1) is 0 Å². The summed E-state index contributed by atoms with van der Waals surface area (Å²) in [6.07, 6.45) is 2.28. The van der Waals surface area contributed by atoms with E-state index < -0.39 is 9.04 Å². The molecule has 1 saturated heterocycles. The highest BCUT2D eigenvalue weighted by molar-refractivity contribution is 6.48. The van der Waals surface area contributed by atoms with Gasteiger partial charge in [-0.05, 0) is 53.3 Å². The molecule has 2 N–H and O–H groups in total. The quantitative estimate of drug-likeness (QED) is 0.590. The first-order valence-corrected chi connectivity index (χ1v) is 9.89. The normalized spacial score (nSPS) is 23.8. The molecule has 1 aliphatic heterocycles.